The van der Waals surface area contributed by atoms with Crippen LogP contribution in [-0.2, 0) is 11.3 Å². The molecule has 2 rings (SSSR count). The molecule has 1 aliphatic rings. The number of rotatable bonds is 3. The summed E-state index contributed by atoms with van der Waals surface area (Å²) >= 11 is 0. The van der Waals surface area contributed by atoms with Gasteiger partial charge in [0.25, 0.3) is 0 Å². The van der Waals surface area contributed by atoms with Crippen LogP contribution in [0.4, 0.5) is 0 Å². The van der Waals surface area contributed by atoms with Gasteiger partial charge in [0.05, 0.1) is 18.4 Å². The van der Waals surface area contributed by atoms with Crippen molar-refractivity contribution in [2.24, 2.45) is 0 Å². The normalized spacial score (nSPS) is 22.0. The van der Waals surface area contributed by atoms with E-state index in [0.717, 1.165) is 25.2 Å². The zero-order valence-electron chi connectivity index (χ0n) is 7.57. The van der Waals surface area contributed by atoms with Crippen molar-refractivity contribution in [2.75, 3.05) is 13.1 Å². The minimum absolute atomic E-state index is 0.377. The quantitative estimate of drug-likeness (QED) is 0.748. The highest BCUT2D eigenvalue weighted by atomic mass is 16.5. The number of hydrogen-bond acceptors (Lipinski definition) is 3. The van der Waals surface area contributed by atoms with Gasteiger partial charge in [-0.05, 0) is 25.1 Å². The van der Waals surface area contributed by atoms with Crippen molar-refractivity contribution in [3.8, 4) is 0 Å². The number of pyridine rings is 1. The summed E-state index contributed by atoms with van der Waals surface area (Å²) in [6.07, 6.45) is 3.29. The summed E-state index contributed by atoms with van der Waals surface area (Å²) in [7, 11) is 0. The lowest BCUT2D eigenvalue weighted by Crippen LogP contribution is -2.16. The van der Waals surface area contributed by atoms with Gasteiger partial charge in [-0.3, -0.25) is 4.98 Å². The van der Waals surface area contributed by atoms with Crippen LogP contribution in [0, 0.1) is 0 Å². The van der Waals surface area contributed by atoms with E-state index in [9.17, 15) is 0 Å². The molecule has 1 N–H and O–H groups in total. The highest BCUT2D eigenvalue weighted by Gasteiger charge is 2.14. The standard InChI is InChI=1S/C10H14N2O/c1-2-5-12-9(3-1)8-13-10-4-6-11-7-10/h1-3,5,10-11H,4,6-8H2/t10-/m1/s1. The van der Waals surface area contributed by atoms with Gasteiger partial charge in [-0.2, -0.15) is 0 Å². The van der Waals surface area contributed by atoms with E-state index in [4.69, 9.17) is 4.74 Å². The maximum absolute atomic E-state index is 5.66. The summed E-state index contributed by atoms with van der Waals surface area (Å²) in [5, 5.41) is 3.26. The molecule has 1 aromatic rings. The Morgan fingerprint density at radius 3 is 3.23 bits per heavy atom. The van der Waals surface area contributed by atoms with Crippen LogP contribution < -0.4 is 5.32 Å². The van der Waals surface area contributed by atoms with Gasteiger partial charge < -0.3 is 10.1 Å². The first kappa shape index (κ1) is 8.66. The van der Waals surface area contributed by atoms with Crippen molar-refractivity contribution < 1.29 is 4.74 Å². The molecule has 0 amide bonds. The maximum atomic E-state index is 5.66. The van der Waals surface area contributed by atoms with Gasteiger partial charge in [0.2, 0.25) is 0 Å². The van der Waals surface area contributed by atoms with Gasteiger partial charge >= 0.3 is 0 Å². The summed E-state index contributed by atoms with van der Waals surface area (Å²) in [4.78, 5) is 4.19. The Morgan fingerprint density at radius 1 is 1.54 bits per heavy atom. The predicted molar refractivity (Wildman–Crippen MR) is 50.3 cm³/mol. The number of nitrogens with zero attached hydrogens (tertiary/aromatic N) is 1. The van der Waals surface area contributed by atoms with E-state index in [1.807, 2.05) is 18.2 Å². The van der Waals surface area contributed by atoms with E-state index in [0.29, 0.717) is 12.7 Å². The summed E-state index contributed by atoms with van der Waals surface area (Å²) in [6, 6.07) is 5.89. The van der Waals surface area contributed by atoms with Crippen molar-refractivity contribution in [3.05, 3.63) is 30.1 Å². The fourth-order valence-corrected chi connectivity index (χ4v) is 1.46. The Balaban J connectivity index is 1.79. The lowest BCUT2D eigenvalue weighted by Gasteiger charge is -2.09. The molecule has 70 valence electrons. The molecule has 1 atom stereocenters. The van der Waals surface area contributed by atoms with Crippen LogP contribution in [0.5, 0.6) is 0 Å². The molecule has 13 heavy (non-hydrogen) atoms. The maximum Gasteiger partial charge on any atom is 0.0892 e. The molecule has 1 aromatic heterocycles. The second-order valence-electron chi connectivity index (χ2n) is 3.25. The van der Waals surface area contributed by atoms with Crippen LogP contribution in [-0.4, -0.2) is 24.2 Å². The van der Waals surface area contributed by atoms with Crippen molar-refractivity contribution in [1.29, 1.82) is 0 Å². The molecule has 0 bridgehead atoms. The lowest BCUT2D eigenvalue weighted by molar-refractivity contribution is 0.0522. The molecule has 0 aromatic carbocycles. The van der Waals surface area contributed by atoms with E-state index in [1.54, 1.807) is 6.20 Å². The van der Waals surface area contributed by atoms with Gasteiger partial charge in [-0.1, -0.05) is 6.07 Å². The van der Waals surface area contributed by atoms with Crippen LogP contribution >= 0.6 is 0 Å². The van der Waals surface area contributed by atoms with Crippen LogP contribution in [0.25, 0.3) is 0 Å². The summed E-state index contributed by atoms with van der Waals surface area (Å²) < 4.78 is 5.66. The van der Waals surface area contributed by atoms with Gasteiger partial charge in [0.15, 0.2) is 0 Å². The van der Waals surface area contributed by atoms with Gasteiger partial charge in [0.1, 0.15) is 0 Å². The van der Waals surface area contributed by atoms with E-state index in [-0.39, 0.29) is 0 Å². The molecule has 2 heterocycles. The van der Waals surface area contributed by atoms with Crippen LogP contribution in [0.2, 0.25) is 0 Å². The molecule has 0 unspecified atom stereocenters. The van der Waals surface area contributed by atoms with Gasteiger partial charge in [0, 0.05) is 12.7 Å². The minimum Gasteiger partial charge on any atom is -0.371 e. The average Bonchev–Trinajstić information content (AvgIpc) is 2.69. The Kier molecular flexibility index (Phi) is 2.90. The molecule has 3 nitrogen and oxygen atoms in total. The molecule has 0 radical (unpaired) electrons. The second-order valence-corrected chi connectivity index (χ2v) is 3.25. The zero-order chi connectivity index (χ0) is 8.93. The molecule has 1 aliphatic heterocycles. The molecule has 0 spiro atoms. The summed E-state index contributed by atoms with van der Waals surface area (Å²) in [6.45, 7) is 2.69. The Morgan fingerprint density at radius 2 is 2.54 bits per heavy atom. The molecule has 1 fully saturated rings. The zero-order valence-corrected chi connectivity index (χ0v) is 7.57. The Labute approximate surface area is 78.1 Å². The second kappa shape index (κ2) is 4.35. The Bertz CT molecular complexity index is 244. The third-order valence-corrected chi connectivity index (χ3v) is 2.21. The third kappa shape index (κ3) is 2.50. The topological polar surface area (TPSA) is 34.1 Å². The number of nitrogens with one attached hydrogen (secondary N) is 1. The van der Waals surface area contributed by atoms with Gasteiger partial charge in [-0.25, -0.2) is 0 Å². The molecular formula is C10H14N2O. The average molecular weight is 178 g/mol. The van der Waals surface area contributed by atoms with Crippen molar-refractivity contribution in [2.45, 2.75) is 19.1 Å². The van der Waals surface area contributed by atoms with Crippen LogP contribution in [0.1, 0.15) is 12.1 Å². The lowest BCUT2D eigenvalue weighted by atomic mass is 10.3. The molecule has 0 saturated carbocycles. The fourth-order valence-electron chi connectivity index (χ4n) is 1.46. The van der Waals surface area contributed by atoms with Gasteiger partial charge in [-0.15, -0.1) is 0 Å². The molecule has 3 heteroatoms. The third-order valence-electron chi connectivity index (χ3n) is 2.21. The number of hydrogen-bond donors (Lipinski definition) is 1. The first-order valence-electron chi connectivity index (χ1n) is 4.67. The molecular weight excluding hydrogens is 164 g/mol. The van der Waals surface area contributed by atoms with E-state index >= 15 is 0 Å². The van der Waals surface area contributed by atoms with E-state index in [2.05, 4.69) is 10.3 Å². The van der Waals surface area contributed by atoms with Crippen molar-refractivity contribution in [3.63, 3.8) is 0 Å². The Hall–Kier alpha value is -0.930. The summed E-state index contributed by atoms with van der Waals surface area (Å²) in [5.74, 6) is 0. The molecule has 1 saturated heterocycles. The number of aromatic nitrogens is 1. The SMILES string of the molecule is c1ccc(CO[C@@H]2CCNC2)nc1. The van der Waals surface area contributed by atoms with Crippen molar-refractivity contribution in [1.82, 2.24) is 10.3 Å². The monoisotopic (exact) mass is 178 g/mol. The largest absolute Gasteiger partial charge is 0.371 e. The highest BCUT2D eigenvalue weighted by molar-refractivity contribution is 5.01. The predicted octanol–water partition coefficient (Wildman–Crippen LogP) is 0.960. The first-order valence-corrected chi connectivity index (χ1v) is 4.67. The molecule has 0 aliphatic carbocycles. The van der Waals surface area contributed by atoms with E-state index < -0.39 is 0 Å². The first-order chi connectivity index (χ1) is 6.45. The summed E-state index contributed by atoms with van der Waals surface area (Å²) in [5.41, 5.74) is 1.01. The van der Waals surface area contributed by atoms with Crippen LogP contribution in [0.15, 0.2) is 24.4 Å². The minimum atomic E-state index is 0.377. The number of ether oxygens (including phenoxy) is 1. The smallest absolute Gasteiger partial charge is 0.0892 e. The van der Waals surface area contributed by atoms with Crippen molar-refractivity contribution >= 4 is 0 Å². The highest BCUT2D eigenvalue weighted by Crippen LogP contribution is 2.06. The van der Waals surface area contributed by atoms with Crippen LogP contribution in [0.3, 0.4) is 0 Å². The fraction of sp³-hybridized carbons (Fsp3) is 0.500. The van der Waals surface area contributed by atoms with E-state index in [1.165, 1.54) is 0 Å².